The molecular weight excluding hydrogens is 224 g/mol. The Morgan fingerprint density at radius 2 is 1.89 bits per heavy atom. The van der Waals surface area contributed by atoms with E-state index in [1.807, 2.05) is 24.3 Å². The molecule has 1 aliphatic rings. The summed E-state index contributed by atoms with van der Waals surface area (Å²) in [7, 11) is 0. The van der Waals surface area contributed by atoms with Crippen LogP contribution in [-0.2, 0) is 0 Å². The van der Waals surface area contributed by atoms with E-state index in [0.717, 1.165) is 17.8 Å². The van der Waals surface area contributed by atoms with E-state index in [4.69, 9.17) is 0 Å². The van der Waals surface area contributed by atoms with Crippen molar-refractivity contribution in [3.8, 4) is 0 Å². The van der Waals surface area contributed by atoms with Gasteiger partial charge in [0.1, 0.15) is 0 Å². The number of carbonyl (C=O) groups is 1. The van der Waals surface area contributed by atoms with E-state index < -0.39 is 0 Å². The molecular formula is C15H22N2O. The van der Waals surface area contributed by atoms with Crippen LogP contribution in [0.1, 0.15) is 36.5 Å². The quantitative estimate of drug-likeness (QED) is 0.619. The fourth-order valence-corrected chi connectivity index (χ4v) is 2.36. The van der Waals surface area contributed by atoms with Gasteiger partial charge in [-0.1, -0.05) is 0 Å². The summed E-state index contributed by atoms with van der Waals surface area (Å²) in [6.45, 7) is 6.33. The van der Waals surface area contributed by atoms with E-state index in [-0.39, 0.29) is 5.78 Å². The Labute approximate surface area is 109 Å². The summed E-state index contributed by atoms with van der Waals surface area (Å²) >= 11 is 0. The van der Waals surface area contributed by atoms with Crippen LogP contribution in [0.5, 0.6) is 0 Å². The molecule has 0 radical (unpaired) electrons. The Hall–Kier alpha value is -1.35. The lowest BCUT2D eigenvalue weighted by molar-refractivity contribution is 0.101. The van der Waals surface area contributed by atoms with Gasteiger partial charge in [0.25, 0.3) is 0 Å². The minimum atomic E-state index is 0.121. The summed E-state index contributed by atoms with van der Waals surface area (Å²) in [6.07, 6.45) is 3.90. The van der Waals surface area contributed by atoms with Crippen LogP contribution in [-0.4, -0.2) is 36.9 Å². The van der Waals surface area contributed by atoms with Gasteiger partial charge in [-0.05, 0) is 70.1 Å². The maximum atomic E-state index is 11.1. The third-order valence-electron chi connectivity index (χ3n) is 3.47. The topological polar surface area (TPSA) is 32.3 Å². The molecule has 0 atom stereocenters. The molecule has 1 N–H and O–H groups in total. The summed E-state index contributed by atoms with van der Waals surface area (Å²) in [5.41, 5.74) is 1.87. The van der Waals surface area contributed by atoms with Crippen molar-refractivity contribution in [1.82, 2.24) is 4.90 Å². The molecule has 3 nitrogen and oxygen atoms in total. The highest BCUT2D eigenvalue weighted by atomic mass is 16.1. The van der Waals surface area contributed by atoms with Crippen LogP contribution < -0.4 is 5.32 Å². The van der Waals surface area contributed by atoms with Crippen molar-refractivity contribution in [2.45, 2.75) is 26.2 Å². The number of ketones is 1. The summed E-state index contributed by atoms with van der Waals surface area (Å²) in [5.74, 6) is 0.121. The van der Waals surface area contributed by atoms with Gasteiger partial charge in [0.2, 0.25) is 0 Å². The lowest BCUT2D eigenvalue weighted by atomic mass is 10.1. The predicted octanol–water partition coefficient (Wildman–Crippen LogP) is 2.79. The summed E-state index contributed by atoms with van der Waals surface area (Å²) in [5, 5.41) is 3.40. The van der Waals surface area contributed by atoms with Crippen molar-refractivity contribution >= 4 is 11.5 Å². The van der Waals surface area contributed by atoms with Crippen molar-refractivity contribution in [1.29, 1.82) is 0 Å². The van der Waals surface area contributed by atoms with Gasteiger partial charge >= 0.3 is 0 Å². The van der Waals surface area contributed by atoms with Crippen molar-refractivity contribution in [2.75, 3.05) is 31.5 Å². The molecule has 1 fully saturated rings. The smallest absolute Gasteiger partial charge is 0.159 e. The maximum absolute atomic E-state index is 11.1. The zero-order chi connectivity index (χ0) is 12.8. The molecule has 0 spiro atoms. The third kappa shape index (κ3) is 3.84. The monoisotopic (exact) mass is 246 g/mol. The lowest BCUT2D eigenvalue weighted by Crippen LogP contribution is -2.22. The summed E-state index contributed by atoms with van der Waals surface area (Å²) in [4.78, 5) is 13.7. The Balaban J connectivity index is 1.68. The average molecular weight is 246 g/mol. The number of nitrogens with one attached hydrogen (secondary N) is 1. The fourth-order valence-electron chi connectivity index (χ4n) is 2.36. The van der Waals surface area contributed by atoms with Crippen molar-refractivity contribution in [3.05, 3.63) is 29.8 Å². The zero-order valence-electron chi connectivity index (χ0n) is 11.1. The van der Waals surface area contributed by atoms with Crippen molar-refractivity contribution in [2.24, 2.45) is 0 Å². The number of hydrogen-bond donors (Lipinski definition) is 1. The molecule has 98 valence electrons. The molecule has 0 unspecified atom stereocenters. The van der Waals surface area contributed by atoms with E-state index in [1.54, 1.807) is 6.92 Å². The second-order valence-electron chi connectivity index (χ2n) is 4.96. The van der Waals surface area contributed by atoms with Gasteiger partial charge in [0.15, 0.2) is 5.78 Å². The Morgan fingerprint density at radius 3 is 2.50 bits per heavy atom. The van der Waals surface area contributed by atoms with Crippen LogP contribution in [0.25, 0.3) is 0 Å². The summed E-state index contributed by atoms with van der Waals surface area (Å²) in [6, 6.07) is 7.72. The minimum absolute atomic E-state index is 0.121. The first-order valence-electron chi connectivity index (χ1n) is 6.83. The second-order valence-corrected chi connectivity index (χ2v) is 4.96. The number of benzene rings is 1. The van der Waals surface area contributed by atoms with Crippen LogP contribution in [0.4, 0.5) is 5.69 Å². The van der Waals surface area contributed by atoms with Crippen LogP contribution in [0, 0.1) is 0 Å². The lowest BCUT2D eigenvalue weighted by Gasteiger charge is -2.14. The van der Waals surface area contributed by atoms with E-state index >= 15 is 0 Å². The number of Topliss-reactive ketones (excluding diaryl/α,β-unsaturated/α-hetero) is 1. The molecule has 1 aliphatic heterocycles. The fraction of sp³-hybridized carbons (Fsp3) is 0.533. The molecule has 0 aromatic heterocycles. The maximum Gasteiger partial charge on any atom is 0.159 e. The molecule has 0 bridgehead atoms. The van der Waals surface area contributed by atoms with E-state index in [0.29, 0.717) is 0 Å². The van der Waals surface area contributed by atoms with E-state index in [1.165, 1.54) is 38.9 Å². The Morgan fingerprint density at radius 1 is 1.22 bits per heavy atom. The third-order valence-corrected chi connectivity index (χ3v) is 3.47. The number of hydrogen-bond acceptors (Lipinski definition) is 3. The highest BCUT2D eigenvalue weighted by Crippen LogP contribution is 2.11. The van der Waals surface area contributed by atoms with Crippen molar-refractivity contribution < 1.29 is 4.79 Å². The first-order chi connectivity index (χ1) is 8.75. The number of nitrogens with zero attached hydrogens (tertiary/aromatic N) is 1. The van der Waals surface area contributed by atoms with Gasteiger partial charge in [0, 0.05) is 17.8 Å². The number of rotatable bonds is 6. The molecule has 2 rings (SSSR count). The molecule has 1 heterocycles. The van der Waals surface area contributed by atoms with Crippen LogP contribution in [0.15, 0.2) is 24.3 Å². The summed E-state index contributed by atoms with van der Waals surface area (Å²) < 4.78 is 0. The Bertz CT molecular complexity index is 380. The second kappa shape index (κ2) is 6.55. The van der Waals surface area contributed by atoms with E-state index in [2.05, 4.69) is 10.2 Å². The van der Waals surface area contributed by atoms with Gasteiger partial charge in [-0.2, -0.15) is 0 Å². The van der Waals surface area contributed by atoms with Gasteiger partial charge < -0.3 is 10.2 Å². The molecule has 0 aliphatic carbocycles. The Kier molecular flexibility index (Phi) is 4.76. The molecule has 0 amide bonds. The molecule has 1 aromatic carbocycles. The van der Waals surface area contributed by atoms with Crippen LogP contribution in [0.2, 0.25) is 0 Å². The van der Waals surface area contributed by atoms with Gasteiger partial charge in [0.05, 0.1) is 0 Å². The standard InChI is InChI=1S/C15H22N2O/c1-13(18)14-5-7-15(8-6-14)16-9-4-12-17-10-2-3-11-17/h5-8,16H,2-4,9-12H2,1H3. The first kappa shape index (κ1) is 13.1. The molecule has 18 heavy (non-hydrogen) atoms. The van der Waals surface area contributed by atoms with Crippen LogP contribution >= 0.6 is 0 Å². The van der Waals surface area contributed by atoms with Gasteiger partial charge in [-0.15, -0.1) is 0 Å². The van der Waals surface area contributed by atoms with Crippen LogP contribution in [0.3, 0.4) is 0 Å². The average Bonchev–Trinajstić information content (AvgIpc) is 2.88. The van der Waals surface area contributed by atoms with Gasteiger partial charge in [-0.25, -0.2) is 0 Å². The zero-order valence-corrected chi connectivity index (χ0v) is 11.1. The largest absolute Gasteiger partial charge is 0.385 e. The number of anilines is 1. The number of likely N-dealkylation sites (tertiary alicyclic amines) is 1. The van der Waals surface area contributed by atoms with Gasteiger partial charge in [-0.3, -0.25) is 4.79 Å². The molecule has 0 saturated carbocycles. The van der Waals surface area contributed by atoms with Crippen molar-refractivity contribution in [3.63, 3.8) is 0 Å². The normalized spacial score (nSPS) is 15.8. The first-order valence-corrected chi connectivity index (χ1v) is 6.83. The minimum Gasteiger partial charge on any atom is -0.385 e. The highest BCUT2D eigenvalue weighted by molar-refractivity contribution is 5.94. The molecule has 3 heteroatoms. The predicted molar refractivity (Wildman–Crippen MR) is 75.2 cm³/mol. The molecule has 1 saturated heterocycles. The molecule has 1 aromatic rings. The number of carbonyl (C=O) groups excluding carboxylic acids is 1. The highest BCUT2D eigenvalue weighted by Gasteiger charge is 2.09. The van der Waals surface area contributed by atoms with E-state index in [9.17, 15) is 4.79 Å². The SMILES string of the molecule is CC(=O)c1ccc(NCCCN2CCCC2)cc1.